The average molecular weight is 237 g/mol. The van der Waals surface area contributed by atoms with E-state index in [0.29, 0.717) is 0 Å². The van der Waals surface area contributed by atoms with E-state index in [1.165, 1.54) is 10.8 Å². The van der Waals surface area contributed by atoms with Gasteiger partial charge in [0.05, 0.1) is 6.26 Å². The predicted octanol–water partition coefficient (Wildman–Crippen LogP) is 1.70. The van der Waals surface area contributed by atoms with Gasteiger partial charge < -0.3 is 10.1 Å². The molecule has 1 atom stereocenters. The van der Waals surface area contributed by atoms with Gasteiger partial charge in [-0.1, -0.05) is 24.3 Å². The molecule has 1 aliphatic carbocycles. The van der Waals surface area contributed by atoms with E-state index in [0.717, 1.165) is 17.5 Å². The number of benzene rings is 1. The zero-order chi connectivity index (χ0) is 12.4. The van der Waals surface area contributed by atoms with Gasteiger partial charge in [0.1, 0.15) is 6.10 Å². The summed E-state index contributed by atoms with van der Waals surface area (Å²) in [6, 6.07) is 6.31. The summed E-state index contributed by atoms with van der Waals surface area (Å²) >= 11 is 0. The highest BCUT2D eigenvalue weighted by molar-refractivity contribution is 5.68. The third-order valence-electron chi connectivity index (χ3n) is 3.14. The maximum Gasteiger partial charge on any atom is 0.142 e. The Kier molecular flexibility index (Phi) is 2.77. The molecule has 2 heteroatoms. The molecule has 0 radical (unpaired) electrons. The second kappa shape index (κ2) is 4.57. The van der Waals surface area contributed by atoms with Gasteiger partial charge in [-0.25, -0.2) is 0 Å². The lowest BCUT2D eigenvalue weighted by molar-refractivity contribution is 0.275. The molecule has 3 rings (SSSR count). The van der Waals surface area contributed by atoms with Crippen molar-refractivity contribution in [3.63, 3.8) is 0 Å². The molecule has 0 spiro atoms. The van der Waals surface area contributed by atoms with E-state index in [1.807, 2.05) is 24.5 Å². The number of fused-ring (bicyclic) bond motifs is 2. The van der Waals surface area contributed by atoms with Crippen molar-refractivity contribution in [1.82, 2.24) is 0 Å². The molecule has 90 valence electrons. The SMILES string of the molecule is C=CCNc1ccc2c(c1)=C1C=CC=CC1OC=2. The van der Waals surface area contributed by atoms with E-state index in [-0.39, 0.29) is 6.10 Å². The van der Waals surface area contributed by atoms with Gasteiger partial charge in [-0.3, -0.25) is 0 Å². The molecule has 1 N–H and O–H groups in total. The molecule has 1 unspecified atom stereocenters. The van der Waals surface area contributed by atoms with E-state index < -0.39 is 0 Å². The lowest BCUT2D eigenvalue weighted by Gasteiger charge is -2.20. The molecule has 0 aromatic heterocycles. The molecule has 0 saturated carbocycles. The summed E-state index contributed by atoms with van der Waals surface area (Å²) in [5, 5.41) is 5.68. The van der Waals surface area contributed by atoms with Gasteiger partial charge in [-0.2, -0.15) is 0 Å². The molecular formula is C16H15NO. The van der Waals surface area contributed by atoms with Crippen LogP contribution in [0.4, 0.5) is 5.69 Å². The number of allylic oxidation sites excluding steroid dienone is 2. The molecule has 1 aromatic carbocycles. The van der Waals surface area contributed by atoms with Crippen molar-refractivity contribution in [2.75, 3.05) is 11.9 Å². The fraction of sp³-hybridized carbons (Fsp3) is 0.125. The van der Waals surface area contributed by atoms with Crippen LogP contribution in [0.25, 0.3) is 11.8 Å². The fourth-order valence-corrected chi connectivity index (χ4v) is 2.24. The molecule has 0 saturated heterocycles. The van der Waals surface area contributed by atoms with E-state index in [1.54, 1.807) is 0 Å². The molecular weight excluding hydrogens is 222 g/mol. The molecule has 0 amide bonds. The zero-order valence-corrected chi connectivity index (χ0v) is 10.1. The summed E-state index contributed by atoms with van der Waals surface area (Å²) in [5.41, 5.74) is 2.33. The topological polar surface area (TPSA) is 21.3 Å². The first-order valence-electron chi connectivity index (χ1n) is 6.08. The minimum atomic E-state index is 0.0529. The van der Waals surface area contributed by atoms with Crippen LogP contribution >= 0.6 is 0 Å². The second-order valence-corrected chi connectivity index (χ2v) is 4.35. The van der Waals surface area contributed by atoms with E-state index in [2.05, 4.69) is 42.2 Å². The van der Waals surface area contributed by atoms with Gasteiger partial charge in [-0.05, 0) is 29.5 Å². The van der Waals surface area contributed by atoms with Gasteiger partial charge in [0, 0.05) is 23.0 Å². The van der Waals surface area contributed by atoms with Crippen molar-refractivity contribution in [2.45, 2.75) is 6.10 Å². The number of nitrogens with one attached hydrogen (secondary N) is 1. The minimum Gasteiger partial charge on any atom is -0.489 e. The molecule has 0 bridgehead atoms. The van der Waals surface area contributed by atoms with E-state index in [9.17, 15) is 0 Å². The van der Waals surface area contributed by atoms with Crippen molar-refractivity contribution >= 4 is 17.5 Å². The summed E-state index contributed by atoms with van der Waals surface area (Å²) in [6.07, 6.45) is 12.0. The van der Waals surface area contributed by atoms with Crippen molar-refractivity contribution < 1.29 is 4.74 Å². The standard InChI is InChI=1S/C16H15NO/c1-2-9-17-13-8-7-12-11-18-16-6-4-3-5-14(16)15(12)10-13/h2-8,10-11,16-17H,1,9H2. The van der Waals surface area contributed by atoms with Crippen molar-refractivity contribution in [3.8, 4) is 0 Å². The molecule has 1 heterocycles. The van der Waals surface area contributed by atoms with Gasteiger partial charge in [0.2, 0.25) is 0 Å². The monoisotopic (exact) mass is 237 g/mol. The number of rotatable bonds is 3. The van der Waals surface area contributed by atoms with Crippen LogP contribution in [0.1, 0.15) is 0 Å². The predicted molar refractivity (Wildman–Crippen MR) is 75.4 cm³/mol. The maximum atomic E-state index is 5.69. The van der Waals surface area contributed by atoms with Crippen LogP contribution in [0.2, 0.25) is 0 Å². The smallest absolute Gasteiger partial charge is 0.142 e. The lowest BCUT2D eigenvalue weighted by atomic mass is 9.99. The van der Waals surface area contributed by atoms with Gasteiger partial charge in [0.25, 0.3) is 0 Å². The van der Waals surface area contributed by atoms with Gasteiger partial charge in [-0.15, -0.1) is 6.58 Å². The van der Waals surface area contributed by atoms with Crippen LogP contribution in [-0.2, 0) is 4.74 Å². The van der Waals surface area contributed by atoms with Crippen molar-refractivity contribution in [2.24, 2.45) is 0 Å². The third-order valence-corrected chi connectivity index (χ3v) is 3.14. The Morgan fingerprint density at radius 1 is 1.33 bits per heavy atom. The van der Waals surface area contributed by atoms with Crippen LogP contribution < -0.4 is 15.8 Å². The average Bonchev–Trinajstić information content (AvgIpc) is 2.45. The lowest BCUT2D eigenvalue weighted by Crippen LogP contribution is -2.35. The summed E-state index contributed by atoms with van der Waals surface area (Å²) < 4.78 is 5.69. The van der Waals surface area contributed by atoms with Crippen molar-refractivity contribution in [3.05, 3.63) is 65.6 Å². The van der Waals surface area contributed by atoms with Crippen LogP contribution in [0.15, 0.2) is 55.2 Å². The summed E-state index contributed by atoms with van der Waals surface area (Å²) in [6.45, 7) is 4.49. The fourth-order valence-electron chi connectivity index (χ4n) is 2.24. The van der Waals surface area contributed by atoms with Crippen LogP contribution in [0.5, 0.6) is 0 Å². The minimum absolute atomic E-state index is 0.0529. The van der Waals surface area contributed by atoms with Gasteiger partial charge in [0.15, 0.2) is 0 Å². The summed E-state index contributed by atoms with van der Waals surface area (Å²) in [4.78, 5) is 0. The normalized spacial score (nSPS) is 19.3. The van der Waals surface area contributed by atoms with E-state index >= 15 is 0 Å². The Morgan fingerprint density at radius 2 is 2.28 bits per heavy atom. The van der Waals surface area contributed by atoms with Crippen molar-refractivity contribution in [1.29, 1.82) is 0 Å². The number of anilines is 1. The molecule has 18 heavy (non-hydrogen) atoms. The quantitative estimate of drug-likeness (QED) is 0.808. The maximum absolute atomic E-state index is 5.69. The third kappa shape index (κ3) is 1.86. The first-order valence-corrected chi connectivity index (χ1v) is 6.08. The molecule has 0 fully saturated rings. The Bertz CT molecular complexity index is 652. The number of hydrogen-bond acceptors (Lipinski definition) is 2. The highest BCUT2D eigenvalue weighted by Crippen LogP contribution is 2.17. The summed E-state index contributed by atoms with van der Waals surface area (Å²) in [5.74, 6) is 0. The van der Waals surface area contributed by atoms with Crippen LogP contribution in [0.3, 0.4) is 0 Å². The Balaban J connectivity index is 2.13. The molecule has 1 aliphatic heterocycles. The van der Waals surface area contributed by atoms with Crippen LogP contribution in [0, 0.1) is 0 Å². The first-order chi connectivity index (χ1) is 8.88. The van der Waals surface area contributed by atoms with Gasteiger partial charge >= 0.3 is 0 Å². The molecule has 1 aromatic rings. The largest absolute Gasteiger partial charge is 0.489 e. The van der Waals surface area contributed by atoms with E-state index in [4.69, 9.17) is 4.74 Å². The van der Waals surface area contributed by atoms with Crippen LogP contribution in [-0.4, -0.2) is 12.6 Å². The first kappa shape index (κ1) is 10.9. The number of hydrogen-bond donors (Lipinski definition) is 1. The Morgan fingerprint density at radius 3 is 3.17 bits per heavy atom. The summed E-state index contributed by atoms with van der Waals surface area (Å²) in [7, 11) is 0. The Labute approximate surface area is 106 Å². The zero-order valence-electron chi connectivity index (χ0n) is 10.1. The second-order valence-electron chi connectivity index (χ2n) is 4.35. The highest BCUT2D eigenvalue weighted by Gasteiger charge is 2.15. The molecule has 2 aliphatic rings. The molecule has 2 nitrogen and oxygen atoms in total. The number of ether oxygens (including phenoxy) is 1. The highest BCUT2D eigenvalue weighted by atomic mass is 16.5. The Hall–Kier alpha value is -2.22.